The van der Waals surface area contributed by atoms with E-state index in [0.717, 1.165) is 21.8 Å². The van der Waals surface area contributed by atoms with E-state index in [0.29, 0.717) is 12.0 Å². The first-order chi connectivity index (χ1) is 11.5. The van der Waals surface area contributed by atoms with Gasteiger partial charge in [-0.15, -0.1) is 5.06 Å². The predicted molar refractivity (Wildman–Crippen MR) is 88.5 cm³/mol. The lowest BCUT2D eigenvalue weighted by atomic mass is 10.1. The van der Waals surface area contributed by atoms with Crippen molar-refractivity contribution in [3.05, 3.63) is 70.8 Å². The largest absolute Gasteiger partial charge is 0.445 e. The number of benzene rings is 2. The van der Waals surface area contributed by atoms with E-state index in [4.69, 9.17) is 9.57 Å². The molecule has 1 aliphatic rings. The molecule has 0 aliphatic carbocycles. The fourth-order valence-corrected chi connectivity index (χ4v) is 2.77. The second-order valence-corrected chi connectivity index (χ2v) is 5.94. The maximum absolute atomic E-state index is 12.4. The first-order valence-electron chi connectivity index (χ1n) is 7.84. The van der Waals surface area contributed by atoms with Crippen LogP contribution >= 0.6 is 0 Å². The zero-order valence-electron chi connectivity index (χ0n) is 13.7. The topological polar surface area (TPSA) is 55.8 Å². The molecule has 0 unspecified atom stereocenters. The number of carbonyl (C=O) groups is 2. The quantitative estimate of drug-likeness (QED) is 0.864. The molecule has 1 atom stereocenters. The van der Waals surface area contributed by atoms with Crippen molar-refractivity contribution >= 4 is 12.1 Å². The van der Waals surface area contributed by atoms with E-state index in [1.54, 1.807) is 6.07 Å². The SMILES string of the molecule is Cc1ccc(C(=O)ON2C(=O)OC[C@H]2Cc2ccccc2)c(C)c1. The fraction of sp³-hybridized carbons (Fsp3) is 0.263. The van der Waals surface area contributed by atoms with E-state index in [2.05, 4.69) is 0 Å². The van der Waals surface area contributed by atoms with Crippen molar-refractivity contribution in [2.45, 2.75) is 26.3 Å². The zero-order valence-corrected chi connectivity index (χ0v) is 13.7. The Bertz CT molecular complexity index is 757. The highest BCUT2D eigenvalue weighted by molar-refractivity contribution is 5.91. The van der Waals surface area contributed by atoms with Crippen molar-refractivity contribution < 1.29 is 19.2 Å². The highest BCUT2D eigenvalue weighted by atomic mass is 16.8. The van der Waals surface area contributed by atoms with Gasteiger partial charge in [0, 0.05) is 0 Å². The molecule has 1 heterocycles. The fourth-order valence-electron chi connectivity index (χ4n) is 2.77. The zero-order chi connectivity index (χ0) is 17.1. The normalized spacial score (nSPS) is 16.8. The van der Waals surface area contributed by atoms with Crippen molar-refractivity contribution in [1.29, 1.82) is 0 Å². The maximum atomic E-state index is 12.4. The molecule has 0 spiro atoms. The molecule has 3 rings (SSSR count). The molecule has 1 saturated heterocycles. The van der Waals surface area contributed by atoms with Gasteiger partial charge in [0.15, 0.2) is 0 Å². The van der Waals surface area contributed by atoms with Gasteiger partial charge in [0.2, 0.25) is 0 Å². The van der Waals surface area contributed by atoms with Crippen LogP contribution in [0.4, 0.5) is 4.79 Å². The van der Waals surface area contributed by atoms with Crippen molar-refractivity contribution in [3.63, 3.8) is 0 Å². The Kier molecular flexibility index (Phi) is 4.51. The number of rotatable bonds is 4. The molecular weight excluding hydrogens is 306 g/mol. The van der Waals surface area contributed by atoms with E-state index in [9.17, 15) is 9.59 Å². The minimum absolute atomic E-state index is 0.202. The van der Waals surface area contributed by atoms with E-state index in [1.165, 1.54) is 0 Å². The Balaban J connectivity index is 1.74. The summed E-state index contributed by atoms with van der Waals surface area (Å²) in [6.45, 7) is 4.00. The Morgan fingerprint density at radius 2 is 1.96 bits per heavy atom. The molecule has 1 aliphatic heterocycles. The summed E-state index contributed by atoms with van der Waals surface area (Å²) >= 11 is 0. The summed E-state index contributed by atoms with van der Waals surface area (Å²) in [5.41, 5.74) is 3.37. The Labute approximate surface area is 140 Å². The van der Waals surface area contributed by atoms with Gasteiger partial charge < -0.3 is 9.57 Å². The van der Waals surface area contributed by atoms with E-state index >= 15 is 0 Å². The van der Waals surface area contributed by atoms with Gasteiger partial charge in [0.05, 0.1) is 5.56 Å². The molecule has 0 N–H and O–H groups in total. The number of hydrogen-bond acceptors (Lipinski definition) is 4. The van der Waals surface area contributed by atoms with Crippen LogP contribution in [0.1, 0.15) is 27.0 Å². The lowest BCUT2D eigenvalue weighted by Gasteiger charge is -2.20. The second kappa shape index (κ2) is 6.74. The third-order valence-corrected chi connectivity index (χ3v) is 4.01. The molecule has 5 heteroatoms. The van der Waals surface area contributed by atoms with Crippen LogP contribution in [0.5, 0.6) is 0 Å². The van der Waals surface area contributed by atoms with Crippen LogP contribution in [0, 0.1) is 13.8 Å². The molecule has 0 radical (unpaired) electrons. The molecule has 2 aromatic rings. The molecule has 0 saturated carbocycles. The number of aryl methyl sites for hydroxylation is 2. The number of amides is 1. The van der Waals surface area contributed by atoms with Crippen molar-refractivity contribution in [3.8, 4) is 0 Å². The minimum atomic E-state index is -0.631. The summed E-state index contributed by atoms with van der Waals surface area (Å²) in [6, 6.07) is 14.8. The van der Waals surface area contributed by atoms with E-state index < -0.39 is 12.1 Å². The molecule has 1 fully saturated rings. The van der Waals surface area contributed by atoms with E-state index in [-0.39, 0.29) is 12.6 Å². The summed E-state index contributed by atoms with van der Waals surface area (Å²) in [5.74, 6) is -0.551. The van der Waals surface area contributed by atoms with Crippen LogP contribution in [0.3, 0.4) is 0 Å². The average molecular weight is 325 g/mol. The summed E-state index contributed by atoms with van der Waals surface area (Å²) in [7, 11) is 0. The van der Waals surface area contributed by atoms with Gasteiger partial charge in [0.25, 0.3) is 0 Å². The molecule has 2 aromatic carbocycles. The molecule has 0 bridgehead atoms. The number of hydrogen-bond donors (Lipinski definition) is 0. The van der Waals surface area contributed by atoms with Crippen LogP contribution in [0.2, 0.25) is 0 Å². The Morgan fingerprint density at radius 1 is 1.21 bits per heavy atom. The number of ether oxygens (including phenoxy) is 1. The molecule has 5 nitrogen and oxygen atoms in total. The molecular formula is C19H19NO4. The maximum Gasteiger partial charge on any atom is 0.443 e. The number of hydroxylamine groups is 2. The summed E-state index contributed by atoms with van der Waals surface area (Å²) < 4.78 is 5.05. The predicted octanol–water partition coefficient (Wildman–Crippen LogP) is 3.44. The van der Waals surface area contributed by atoms with Crippen molar-refractivity contribution in [1.82, 2.24) is 5.06 Å². The first kappa shape index (κ1) is 16.1. The first-order valence-corrected chi connectivity index (χ1v) is 7.84. The lowest BCUT2D eigenvalue weighted by molar-refractivity contribution is -0.0850. The van der Waals surface area contributed by atoms with Crippen molar-refractivity contribution in [2.24, 2.45) is 0 Å². The van der Waals surface area contributed by atoms with Crippen LogP contribution < -0.4 is 0 Å². The number of nitrogens with zero attached hydrogens (tertiary/aromatic N) is 1. The van der Waals surface area contributed by atoms with Gasteiger partial charge in [-0.1, -0.05) is 48.0 Å². The smallest absolute Gasteiger partial charge is 0.443 e. The van der Waals surface area contributed by atoms with Crippen LogP contribution in [-0.4, -0.2) is 29.8 Å². The van der Waals surface area contributed by atoms with Crippen molar-refractivity contribution in [2.75, 3.05) is 6.61 Å². The third kappa shape index (κ3) is 3.40. The summed E-state index contributed by atoms with van der Waals surface area (Å²) in [4.78, 5) is 29.6. The minimum Gasteiger partial charge on any atom is -0.445 e. The average Bonchev–Trinajstić information content (AvgIpc) is 2.89. The van der Waals surface area contributed by atoms with Gasteiger partial charge >= 0.3 is 12.1 Å². The lowest BCUT2D eigenvalue weighted by Crippen LogP contribution is -2.37. The van der Waals surface area contributed by atoms with Gasteiger partial charge in [-0.25, -0.2) is 9.59 Å². The monoisotopic (exact) mass is 325 g/mol. The molecule has 124 valence electrons. The summed E-state index contributed by atoms with van der Waals surface area (Å²) in [5, 5.41) is 1.05. The second-order valence-electron chi connectivity index (χ2n) is 5.94. The van der Waals surface area contributed by atoms with Crippen LogP contribution in [-0.2, 0) is 16.0 Å². The van der Waals surface area contributed by atoms with Gasteiger partial charge in [-0.05, 0) is 37.5 Å². The molecule has 24 heavy (non-hydrogen) atoms. The number of carbonyl (C=O) groups excluding carboxylic acids is 2. The third-order valence-electron chi connectivity index (χ3n) is 4.01. The summed E-state index contributed by atoms with van der Waals surface area (Å²) in [6.07, 6.45) is -0.0683. The Hall–Kier alpha value is -2.82. The number of cyclic esters (lactones) is 1. The van der Waals surface area contributed by atoms with Crippen LogP contribution in [0.15, 0.2) is 48.5 Å². The highest BCUT2D eigenvalue weighted by Gasteiger charge is 2.37. The molecule has 1 amide bonds. The van der Waals surface area contributed by atoms with Crippen LogP contribution in [0.25, 0.3) is 0 Å². The Morgan fingerprint density at radius 3 is 2.67 bits per heavy atom. The van der Waals surface area contributed by atoms with Gasteiger partial charge in [-0.3, -0.25) is 0 Å². The van der Waals surface area contributed by atoms with Gasteiger partial charge in [-0.2, -0.15) is 0 Å². The standard InChI is InChI=1S/C19H19NO4/c1-13-8-9-17(14(2)10-13)18(21)24-20-16(12-23-19(20)22)11-15-6-4-3-5-7-15/h3-10,16H,11-12H2,1-2H3/t16-/m1/s1. The highest BCUT2D eigenvalue weighted by Crippen LogP contribution is 2.20. The van der Waals surface area contributed by atoms with E-state index in [1.807, 2.05) is 56.3 Å². The molecule has 0 aromatic heterocycles. The van der Waals surface area contributed by atoms with Gasteiger partial charge in [0.1, 0.15) is 12.6 Å².